The topological polar surface area (TPSA) is 86.6 Å². The molecule has 0 fully saturated rings. The van der Waals surface area contributed by atoms with E-state index in [-0.39, 0.29) is 21.3 Å². The van der Waals surface area contributed by atoms with Gasteiger partial charge in [-0.1, -0.05) is 17.9 Å². The SMILES string of the molecule is Nc1cc2c(cc1Cl)N=C[N-]S2(=O)=O. The highest BCUT2D eigenvalue weighted by atomic mass is 35.5. The molecule has 1 aromatic carbocycles. The van der Waals surface area contributed by atoms with Crippen LogP contribution in [0.3, 0.4) is 0 Å². The molecule has 0 unspecified atom stereocenters. The van der Waals surface area contributed by atoms with E-state index < -0.39 is 10.0 Å². The van der Waals surface area contributed by atoms with Gasteiger partial charge in [-0.25, -0.2) is 8.42 Å². The molecule has 1 heterocycles. The minimum Gasteiger partial charge on any atom is -0.441 e. The average molecular weight is 231 g/mol. The van der Waals surface area contributed by atoms with Crippen LogP contribution in [0, 0.1) is 0 Å². The van der Waals surface area contributed by atoms with Gasteiger partial charge in [-0.3, -0.25) is 0 Å². The first-order valence-electron chi connectivity index (χ1n) is 3.59. The fraction of sp³-hybridized carbons (Fsp3) is 0. The van der Waals surface area contributed by atoms with E-state index in [0.29, 0.717) is 0 Å². The molecule has 1 aliphatic rings. The number of hydrogen-bond donors (Lipinski definition) is 1. The highest BCUT2D eigenvalue weighted by molar-refractivity contribution is 7.95. The van der Waals surface area contributed by atoms with Crippen LogP contribution in [-0.4, -0.2) is 14.8 Å². The lowest BCUT2D eigenvalue weighted by atomic mass is 10.3. The van der Waals surface area contributed by atoms with Crippen molar-refractivity contribution >= 4 is 39.3 Å². The molecule has 0 saturated carbocycles. The van der Waals surface area contributed by atoms with E-state index in [1.165, 1.54) is 12.1 Å². The van der Waals surface area contributed by atoms with Crippen molar-refractivity contribution < 1.29 is 8.42 Å². The lowest BCUT2D eigenvalue weighted by molar-refractivity contribution is 0.603. The van der Waals surface area contributed by atoms with Gasteiger partial charge < -0.3 is 15.4 Å². The largest absolute Gasteiger partial charge is 0.441 e. The smallest absolute Gasteiger partial charge is 0.202 e. The van der Waals surface area contributed by atoms with Crippen LogP contribution in [0.4, 0.5) is 11.4 Å². The average Bonchev–Trinajstić information content (AvgIpc) is 2.08. The third-order valence-corrected chi connectivity index (χ3v) is 3.32. The van der Waals surface area contributed by atoms with Crippen molar-refractivity contribution in [1.82, 2.24) is 0 Å². The first-order valence-corrected chi connectivity index (χ1v) is 5.41. The summed E-state index contributed by atoms with van der Waals surface area (Å²) in [5.41, 5.74) is 5.93. The van der Waals surface area contributed by atoms with Crippen molar-refractivity contribution in [2.24, 2.45) is 4.99 Å². The molecule has 14 heavy (non-hydrogen) atoms. The molecule has 0 aliphatic carbocycles. The maximum absolute atomic E-state index is 11.4. The molecule has 0 saturated heterocycles. The number of hydrogen-bond acceptors (Lipinski definition) is 4. The summed E-state index contributed by atoms with van der Waals surface area (Å²) in [7, 11) is -3.64. The number of fused-ring (bicyclic) bond motifs is 1. The maximum atomic E-state index is 11.4. The van der Waals surface area contributed by atoms with Gasteiger partial charge in [0.15, 0.2) is 0 Å². The molecule has 7 heteroatoms. The Morgan fingerprint density at radius 3 is 2.86 bits per heavy atom. The Morgan fingerprint density at radius 1 is 1.43 bits per heavy atom. The number of anilines is 1. The zero-order valence-corrected chi connectivity index (χ0v) is 8.38. The predicted octanol–water partition coefficient (Wildman–Crippen LogP) is 1.66. The molecule has 0 atom stereocenters. The zero-order valence-electron chi connectivity index (χ0n) is 6.81. The third kappa shape index (κ3) is 1.32. The highest BCUT2D eigenvalue weighted by Gasteiger charge is 2.15. The number of nitrogen functional groups attached to an aromatic ring is 1. The molecule has 0 amide bonds. The number of sulfonamides is 1. The van der Waals surface area contributed by atoms with Crippen LogP contribution in [0.1, 0.15) is 0 Å². The molecular formula is C7H5ClN3O2S-. The molecule has 2 N–H and O–H groups in total. The molecule has 1 aromatic rings. The Balaban J connectivity index is 2.79. The molecule has 0 spiro atoms. The van der Waals surface area contributed by atoms with E-state index in [2.05, 4.69) is 9.71 Å². The van der Waals surface area contributed by atoms with Gasteiger partial charge in [0.25, 0.3) is 0 Å². The van der Waals surface area contributed by atoms with E-state index in [0.717, 1.165) is 6.34 Å². The number of nitrogens with zero attached hydrogens (tertiary/aromatic N) is 2. The van der Waals surface area contributed by atoms with E-state index in [1.807, 2.05) is 0 Å². The second-order valence-electron chi connectivity index (χ2n) is 2.67. The van der Waals surface area contributed by atoms with Crippen LogP contribution >= 0.6 is 11.6 Å². The molecule has 0 radical (unpaired) electrons. The summed E-state index contributed by atoms with van der Waals surface area (Å²) in [5, 5.41) is 0.276. The lowest BCUT2D eigenvalue weighted by Crippen LogP contribution is -2.04. The van der Waals surface area contributed by atoms with Crippen LogP contribution in [0.15, 0.2) is 22.0 Å². The van der Waals surface area contributed by atoms with E-state index in [9.17, 15) is 8.42 Å². The van der Waals surface area contributed by atoms with Crippen LogP contribution in [0.5, 0.6) is 0 Å². The third-order valence-electron chi connectivity index (χ3n) is 1.74. The number of rotatable bonds is 0. The van der Waals surface area contributed by atoms with E-state index in [4.69, 9.17) is 17.3 Å². The summed E-state index contributed by atoms with van der Waals surface area (Å²) in [4.78, 5) is 3.77. The first-order chi connectivity index (χ1) is 6.50. The van der Waals surface area contributed by atoms with Crippen molar-refractivity contribution in [3.05, 3.63) is 21.9 Å². The van der Waals surface area contributed by atoms with Crippen molar-refractivity contribution in [2.45, 2.75) is 4.90 Å². The molecule has 74 valence electrons. The van der Waals surface area contributed by atoms with Gasteiger partial charge >= 0.3 is 0 Å². The van der Waals surface area contributed by atoms with Crippen LogP contribution in [0.25, 0.3) is 4.72 Å². The first kappa shape index (κ1) is 9.29. The number of halogens is 1. The molecule has 5 nitrogen and oxygen atoms in total. The fourth-order valence-corrected chi connectivity index (χ4v) is 2.17. The summed E-state index contributed by atoms with van der Waals surface area (Å²) in [6.45, 7) is 0. The van der Waals surface area contributed by atoms with Gasteiger partial charge in [-0.2, -0.15) is 0 Å². The Kier molecular flexibility index (Phi) is 1.90. The number of benzene rings is 1. The van der Waals surface area contributed by atoms with E-state index >= 15 is 0 Å². The molecule has 0 aromatic heterocycles. The van der Waals surface area contributed by atoms with Gasteiger partial charge in [-0.15, -0.1) is 0 Å². The minimum atomic E-state index is -3.64. The van der Waals surface area contributed by atoms with Gasteiger partial charge in [0.2, 0.25) is 10.0 Å². The summed E-state index contributed by atoms with van der Waals surface area (Å²) in [6, 6.07) is 2.65. The van der Waals surface area contributed by atoms with Crippen LogP contribution < -0.4 is 5.73 Å². The van der Waals surface area contributed by atoms with E-state index in [1.54, 1.807) is 0 Å². The molecular weight excluding hydrogens is 226 g/mol. The molecule has 2 rings (SSSR count). The number of nitrogens with two attached hydrogens (primary N) is 1. The van der Waals surface area contributed by atoms with Gasteiger partial charge in [0.1, 0.15) is 0 Å². The zero-order chi connectivity index (χ0) is 10.3. The van der Waals surface area contributed by atoms with Crippen molar-refractivity contribution in [3.8, 4) is 0 Å². The Hall–Kier alpha value is -1.27. The Bertz CT molecular complexity index is 524. The summed E-state index contributed by atoms with van der Waals surface area (Å²) >= 11 is 5.71. The fourth-order valence-electron chi connectivity index (χ4n) is 1.07. The van der Waals surface area contributed by atoms with Crippen LogP contribution in [0.2, 0.25) is 5.02 Å². The van der Waals surface area contributed by atoms with Gasteiger partial charge in [0.05, 0.1) is 15.6 Å². The normalized spacial score (nSPS) is 17.2. The maximum Gasteiger partial charge on any atom is 0.202 e. The molecule has 0 bridgehead atoms. The van der Waals surface area contributed by atoms with Gasteiger partial charge in [-0.05, 0) is 17.8 Å². The van der Waals surface area contributed by atoms with Gasteiger partial charge in [0, 0.05) is 0 Å². The summed E-state index contributed by atoms with van der Waals surface area (Å²) in [5.74, 6) is 0. The quantitative estimate of drug-likeness (QED) is 0.688. The van der Waals surface area contributed by atoms with Crippen molar-refractivity contribution in [3.63, 3.8) is 0 Å². The minimum absolute atomic E-state index is 0.0121. The van der Waals surface area contributed by atoms with Crippen molar-refractivity contribution in [1.29, 1.82) is 0 Å². The standard InChI is InChI=1S/C7H5ClN3O2S/c8-4-1-6-7(2-5(4)9)14(12,13)11-3-10-6/h1-3H,9H2/q-1. The predicted molar refractivity (Wildman–Crippen MR) is 54.6 cm³/mol. The monoisotopic (exact) mass is 230 g/mol. The van der Waals surface area contributed by atoms with Crippen molar-refractivity contribution in [2.75, 3.05) is 5.73 Å². The highest BCUT2D eigenvalue weighted by Crippen LogP contribution is 2.36. The second kappa shape index (κ2) is 2.86. The summed E-state index contributed by atoms with van der Waals surface area (Å²) < 4.78 is 26.0. The summed E-state index contributed by atoms with van der Waals surface area (Å²) in [6.07, 6.45) is 0.976. The second-order valence-corrected chi connectivity index (χ2v) is 4.67. The van der Waals surface area contributed by atoms with Crippen LogP contribution in [-0.2, 0) is 10.0 Å². The Labute approximate surface area is 85.6 Å². The Morgan fingerprint density at radius 2 is 2.14 bits per heavy atom. The lowest BCUT2D eigenvalue weighted by Gasteiger charge is -2.20. The molecule has 1 aliphatic heterocycles. The number of aliphatic imine (C=N–C) groups is 1.